The second-order valence-electron chi connectivity index (χ2n) is 6.36. The number of unbranched alkanes of at least 4 members (excludes halogenated alkanes) is 2. The Bertz CT molecular complexity index is 445. The maximum atomic E-state index is 11.7. The first kappa shape index (κ1) is 25.9. The van der Waals surface area contributed by atoms with Gasteiger partial charge in [0.15, 0.2) is 12.7 Å². The molecule has 0 rings (SSSR count). The van der Waals surface area contributed by atoms with Crippen LogP contribution in [0.15, 0.2) is 4.99 Å². The zero-order chi connectivity index (χ0) is 21.0. The molecule has 0 aliphatic rings. The van der Waals surface area contributed by atoms with Crippen molar-refractivity contribution in [3.8, 4) is 0 Å². The Hall–Kier alpha value is -2.11. The molecular formula is C17H37N7O4. The molecule has 0 aromatic heterocycles. The topological polar surface area (TPSA) is 190 Å². The number of nitrogens with zero attached hydrogens (tertiary/aromatic N) is 1. The van der Waals surface area contributed by atoms with Crippen LogP contribution in [-0.4, -0.2) is 68.6 Å². The van der Waals surface area contributed by atoms with Gasteiger partial charge in [-0.3, -0.25) is 9.79 Å². The van der Waals surface area contributed by atoms with Crippen LogP contribution in [0, 0.1) is 0 Å². The molecule has 10 N–H and O–H groups in total. The third-order valence-corrected chi connectivity index (χ3v) is 3.74. The molecule has 0 aliphatic carbocycles. The van der Waals surface area contributed by atoms with E-state index in [0.29, 0.717) is 32.5 Å². The summed E-state index contributed by atoms with van der Waals surface area (Å²) in [4.78, 5) is 27.0. The SMILES string of the molecule is NCCCNCCCCNC(=O)OCNC(=O)CC(O)CCCCN=C(N)N. The molecule has 0 radical (unpaired) electrons. The van der Waals surface area contributed by atoms with E-state index in [9.17, 15) is 14.7 Å². The predicted molar refractivity (Wildman–Crippen MR) is 108 cm³/mol. The smallest absolute Gasteiger partial charge is 0.408 e. The molecule has 0 fully saturated rings. The first-order valence-corrected chi connectivity index (χ1v) is 9.77. The summed E-state index contributed by atoms with van der Waals surface area (Å²) in [5, 5.41) is 18.1. The quantitative estimate of drug-likeness (QED) is 0.0674. The number of aliphatic hydroxyl groups is 1. The summed E-state index contributed by atoms with van der Waals surface area (Å²) in [6.45, 7) is 3.22. The third kappa shape index (κ3) is 18.7. The molecule has 28 heavy (non-hydrogen) atoms. The van der Waals surface area contributed by atoms with Crippen LogP contribution in [0.2, 0.25) is 0 Å². The fourth-order valence-electron chi connectivity index (χ4n) is 2.24. The van der Waals surface area contributed by atoms with Crippen molar-refractivity contribution in [3.05, 3.63) is 0 Å². The Kier molecular flexibility index (Phi) is 16.9. The fourth-order valence-corrected chi connectivity index (χ4v) is 2.24. The zero-order valence-corrected chi connectivity index (χ0v) is 16.6. The van der Waals surface area contributed by atoms with Crippen LogP contribution >= 0.6 is 0 Å². The lowest BCUT2D eigenvalue weighted by Gasteiger charge is -2.11. The summed E-state index contributed by atoms with van der Waals surface area (Å²) >= 11 is 0. The highest BCUT2D eigenvalue weighted by atomic mass is 16.6. The number of amides is 2. The molecule has 0 saturated carbocycles. The largest absolute Gasteiger partial charge is 0.428 e. The van der Waals surface area contributed by atoms with Gasteiger partial charge in [-0.1, -0.05) is 0 Å². The molecule has 1 unspecified atom stereocenters. The number of ether oxygens (including phenoxy) is 1. The summed E-state index contributed by atoms with van der Waals surface area (Å²) in [5.74, 6) is -0.340. The van der Waals surface area contributed by atoms with E-state index in [1.807, 2.05) is 0 Å². The number of carbonyl (C=O) groups is 2. The lowest BCUT2D eigenvalue weighted by molar-refractivity contribution is -0.124. The van der Waals surface area contributed by atoms with Crippen molar-refractivity contribution >= 4 is 18.0 Å². The van der Waals surface area contributed by atoms with Crippen molar-refractivity contribution in [1.29, 1.82) is 0 Å². The number of hydrogen-bond donors (Lipinski definition) is 7. The van der Waals surface area contributed by atoms with E-state index in [1.54, 1.807) is 0 Å². The number of guanidine groups is 1. The number of rotatable bonds is 17. The van der Waals surface area contributed by atoms with Crippen LogP contribution in [-0.2, 0) is 9.53 Å². The molecule has 0 spiro atoms. The average molecular weight is 404 g/mol. The Labute approximate surface area is 166 Å². The lowest BCUT2D eigenvalue weighted by Crippen LogP contribution is -2.34. The van der Waals surface area contributed by atoms with Crippen LogP contribution in [0.3, 0.4) is 0 Å². The molecule has 1 atom stereocenters. The van der Waals surface area contributed by atoms with Gasteiger partial charge in [0.1, 0.15) is 0 Å². The molecule has 0 heterocycles. The average Bonchev–Trinajstić information content (AvgIpc) is 2.63. The lowest BCUT2D eigenvalue weighted by atomic mass is 10.1. The Morgan fingerprint density at radius 1 is 1.00 bits per heavy atom. The summed E-state index contributed by atoms with van der Waals surface area (Å²) in [5.41, 5.74) is 15.8. The van der Waals surface area contributed by atoms with E-state index < -0.39 is 12.2 Å². The summed E-state index contributed by atoms with van der Waals surface area (Å²) < 4.78 is 4.86. The van der Waals surface area contributed by atoms with Gasteiger partial charge in [0.25, 0.3) is 0 Å². The number of nitrogens with one attached hydrogen (secondary N) is 3. The number of carbonyl (C=O) groups excluding carboxylic acids is 2. The van der Waals surface area contributed by atoms with Crippen LogP contribution in [0.1, 0.15) is 44.9 Å². The molecular weight excluding hydrogens is 366 g/mol. The minimum atomic E-state index is -0.758. The van der Waals surface area contributed by atoms with E-state index >= 15 is 0 Å². The third-order valence-electron chi connectivity index (χ3n) is 3.74. The number of hydrogen-bond acceptors (Lipinski definition) is 7. The van der Waals surface area contributed by atoms with Crippen LogP contribution in [0.25, 0.3) is 0 Å². The molecule has 0 aliphatic heterocycles. The van der Waals surface area contributed by atoms with Crippen LogP contribution in [0.4, 0.5) is 4.79 Å². The van der Waals surface area contributed by atoms with Gasteiger partial charge < -0.3 is 43.0 Å². The van der Waals surface area contributed by atoms with Gasteiger partial charge in [-0.25, -0.2) is 4.79 Å². The molecule has 11 heteroatoms. The van der Waals surface area contributed by atoms with E-state index in [2.05, 4.69) is 20.9 Å². The summed E-state index contributed by atoms with van der Waals surface area (Å²) in [6, 6.07) is 0. The van der Waals surface area contributed by atoms with Crippen molar-refractivity contribution in [2.24, 2.45) is 22.2 Å². The molecule has 0 aromatic rings. The van der Waals surface area contributed by atoms with E-state index in [4.69, 9.17) is 21.9 Å². The first-order chi connectivity index (χ1) is 13.5. The minimum absolute atomic E-state index is 0.0410. The van der Waals surface area contributed by atoms with Gasteiger partial charge in [0, 0.05) is 13.1 Å². The molecule has 11 nitrogen and oxygen atoms in total. The molecule has 164 valence electrons. The normalized spacial score (nSPS) is 11.5. The van der Waals surface area contributed by atoms with Crippen LogP contribution in [0.5, 0.6) is 0 Å². The molecule has 0 aromatic carbocycles. The van der Waals surface area contributed by atoms with Gasteiger partial charge in [0.2, 0.25) is 5.91 Å². The van der Waals surface area contributed by atoms with Gasteiger partial charge in [-0.2, -0.15) is 0 Å². The Balaban J connectivity index is 3.53. The molecule has 2 amide bonds. The maximum absolute atomic E-state index is 11.7. The minimum Gasteiger partial charge on any atom is -0.428 e. The van der Waals surface area contributed by atoms with E-state index in [1.165, 1.54) is 0 Å². The molecule has 0 bridgehead atoms. The second kappa shape index (κ2) is 18.3. The first-order valence-electron chi connectivity index (χ1n) is 9.77. The summed E-state index contributed by atoms with van der Waals surface area (Å²) in [6.07, 6.45) is 3.21. The van der Waals surface area contributed by atoms with E-state index in [-0.39, 0.29) is 25.0 Å². The number of alkyl carbamates (subject to hydrolysis) is 1. The monoisotopic (exact) mass is 403 g/mol. The van der Waals surface area contributed by atoms with Crippen molar-refractivity contribution in [3.63, 3.8) is 0 Å². The highest BCUT2D eigenvalue weighted by Gasteiger charge is 2.11. The highest BCUT2D eigenvalue weighted by molar-refractivity contribution is 5.76. The molecule has 0 saturated heterocycles. The van der Waals surface area contributed by atoms with Crippen LogP contribution < -0.4 is 33.2 Å². The standard InChI is InChI=1S/C17H37N7O4/c18-7-5-9-21-8-3-4-11-23-17(27)28-13-24-15(26)12-14(25)6-1-2-10-22-16(19)20/h14,21,25H,1-13,18H2,(H,23,27)(H,24,26)(H4,19,20,22). The maximum Gasteiger partial charge on any atom is 0.408 e. The number of aliphatic hydroxyl groups excluding tert-OH is 1. The predicted octanol–water partition coefficient (Wildman–Crippen LogP) is -1.30. The highest BCUT2D eigenvalue weighted by Crippen LogP contribution is 2.04. The van der Waals surface area contributed by atoms with Crippen molar-refractivity contribution in [2.75, 3.05) is 39.5 Å². The summed E-state index contributed by atoms with van der Waals surface area (Å²) in [7, 11) is 0. The zero-order valence-electron chi connectivity index (χ0n) is 16.6. The second-order valence-corrected chi connectivity index (χ2v) is 6.36. The van der Waals surface area contributed by atoms with Gasteiger partial charge in [0.05, 0.1) is 12.5 Å². The van der Waals surface area contributed by atoms with Crippen molar-refractivity contribution in [2.45, 2.75) is 51.0 Å². The van der Waals surface area contributed by atoms with E-state index in [0.717, 1.165) is 38.8 Å². The van der Waals surface area contributed by atoms with Gasteiger partial charge in [-0.15, -0.1) is 0 Å². The Morgan fingerprint density at radius 2 is 1.71 bits per heavy atom. The van der Waals surface area contributed by atoms with Gasteiger partial charge >= 0.3 is 6.09 Å². The number of aliphatic imine (C=N–C) groups is 1. The van der Waals surface area contributed by atoms with Crippen molar-refractivity contribution < 1.29 is 19.4 Å². The Morgan fingerprint density at radius 3 is 2.43 bits per heavy atom. The number of nitrogens with two attached hydrogens (primary N) is 3. The fraction of sp³-hybridized carbons (Fsp3) is 0.824. The van der Waals surface area contributed by atoms with Gasteiger partial charge in [-0.05, 0) is 58.2 Å². The van der Waals surface area contributed by atoms with Crippen molar-refractivity contribution in [1.82, 2.24) is 16.0 Å².